The Kier molecular flexibility index (Phi) is 3.65. The van der Waals surface area contributed by atoms with Crippen molar-refractivity contribution in [3.63, 3.8) is 0 Å². The molecule has 0 aromatic rings. The fourth-order valence-corrected chi connectivity index (χ4v) is 1.70. The number of thiol groups is 1. The molecule has 1 heterocycles. The van der Waals surface area contributed by atoms with Crippen LogP contribution in [-0.2, 0) is 4.79 Å². The Bertz CT molecular complexity index is 191. The molecule has 0 spiro atoms. The molecule has 0 saturated carbocycles. The summed E-state index contributed by atoms with van der Waals surface area (Å²) in [4.78, 5) is 13.5. The lowest BCUT2D eigenvalue weighted by Crippen LogP contribution is -2.42. The molecule has 76 valence electrons. The highest BCUT2D eigenvalue weighted by atomic mass is 32.1. The SMILES string of the molecule is CC(C)(CS)CN1CCCCC1=O. The van der Waals surface area contributed by atoms with Gasteiger partial charge in [0.2, 0.25) is 5.91 Å². The van der Waals surface area contributed by atoms with Crippen molar-refractivity contribution < 1.29 is 4.79 Å². The van der Waals surface area contributed by atoms with Crippen LogP contribution >= 0.6 is 12.6 Å². The van der Waals surface area contributed by atoms with Crippen LogP contribution in [0.3, 0.4) is 0 Å². The van der Waals surface area contributed by atoms with Crippen LogP contribution in [0.2, 0.25) is 0 Å². The molecule has 2 nitrogen and oxygen atoms in total. The predicted octanol–water partition coefficient (Wildman–Crippen LogP) is 1.95. The van der Waals surface area contributed by atoms with E-state index in [4.69, 9.17) is 0 Å². The lowest BCUT2D eigenvalue weighted by Gasteiger charge is -2.34. The maximum Gasteiger partial charge on any atom is 0.222 e. The third-order valence-corrected chi connectivity index (χ3v) is 3.32. The van der Waals surface area contributed by atoms with Gasteiger partial charge in [-0.3, -0.25) is 4.79 Å². The van der Waals surface area contributed by atoms with Gasteiger partial charge in [0.05, 0.1) is 0 Å². The van der Waals surface area contributed by atoms with Crippen molar-refractivity contribution in [2.45, 2.75) is 33.1 Å². The molecule has 1 fully saturated rings. The summed E-state index contributed by atoms with van der Waals surface area (Å²) in [7, 11) is 0. The van der Waals surface area contributed by atoms with E-state index in [1.165, 1.54) is 0 Å². The summed E-state index contributed by atoms with van der Waals surface area (Å²) in [5, 5.41) is 0. The minimum atomic E-state index is 0.149. The average molecular weight is 201 g/mol. The molecule has 1 aliphatic rings. The van der Waals surface area contributed by atoms with Crippen molar-refractivity contribution >= 4 is 18.5 Å². The van der Waals surface area contributed by atoms with E-state index < -0.39 is 0 Å². The first kappa shape index (κ1) is 10.9. The van der Waals surface area contributed by atoms with Crippen molar-refractivity contribution in [3.05, 3.63) is 0 Å². The molecule has 1 amide bonds. The number of rotatable bonds is 3. The maximum atomic E-state index is 11.5. The molecule has 0 unspecified atom stereocenters. The third kappa shape index (κ3) is 3.22. The highest BCUT2D eigenvalue weighted by Crippen LogP contribution is 2.21. The first-order valence-electron chi connectivity index (χ1n) is 4.94. The number of hydrogen-bond donors (Lipinski definition) is 1. The average Bonchev–Trinajstić information content (AvgIpc) is 2.09. The number of amides is 1. The summed E-state index contributed by atoms with van der Waals surface area (Å²) in [6.45, 7) is 6.11. The van der Waals surface area contributed by atoms with E-state index in [-0.39, 0.29) is 5.41 Å². The summed E-state index contributed by atoms with van der Waals surface area (Å²) >= 11 is 4.29. The van der Waals surface area contributed by atoms with Gasteiger partial charge in [0.1, 0.15) is 0 Å². The van der Waals surface area contributed by atoms with E-state index in [1.54, 1.807) is 0 Å². The quantitative estimate of drug-likeness (QED) is 0.692. The Balaban J connectivity index is 2.47. The molecule has 0 aromatic carbocycles. The van der Waals surface area contributed by atoms with E-state index in [2.05, 4.69) is 26.5 Å². The summed E-state index contributed by atoms with van der Waals surface area (Å²) in [6.07, 6.45) is 2.97. The van der Waals surface area contributed by atoms with Gasteiger partial charge in [0.25, 0.3) is 0 Å². The molecule has 0 bridgehead atoms. The van der Waals surface area contributed by atoms with Crippen LogP contribution in [0.4, 0.5) is 0 Å². The molecular weight excluding hydrogens is 182 g/mol. The van der Waals surface area contributed by atoms with Gasteiger partial charge in [-0.15, -0.1) is 0 Å². The second-order valence-electron chi connectivity index (χ2n) is 4.59. The van der Waals surface area contributed by atoms with Crippen LogP contribution in [0.1, 0.15) is 33.1 Å². The number of piperidine rings is 1. The van der Waals surface area contributed by atoms with Crippen LogP contribution in [0.5, 0.6) is 0 Å². The molecule has 1 saturated heterocycles. The highest BCUT2D eigenvalue weighted by Gasteiger charge is 2.25. The smallest absolute Gasteiger partial charge is 0.222 e. The normalized spacial score (nSPS) is 19.3. The number of likely N-dealkylation sites (tertiary alicyclic amines) is 1. The molecule has 3 heteroatoms. The molecule has 13 heavy (non-hydrogen) atoms. The topological polar surface area (TPSA) is 20.3 Å². The van der Waals surface area contributed by atoms with Crippen molar-refractivity contribution in [1.29, 1.82) is 0 Å². The fraction of sp³-hybridized carbons (Fsp3) is 0.900. The fourth-order valence-electron chi connectivity index (χ4n) is 1.60. The van der Waals surface area contributed by atoms with Crippen LogP contribution in [0.15, 0.2) is 0 Å². The van der Waals surface area contributed by atoms with E-state index in [1.807, 2.05) is 4.90 Å². The van der Waals surface area contributed by atoms with Gasteiger partial charge in [0, 0.05) is 19.5 Å². The largest absolute Gasteiger partial charge is 0.342 e. The standard InChI is InChI=1S/C10H19NOS/c1-10(2,8-13)7-11-6-4-3-5-9(11)12/h13H,3-8H2,1-2H3. The number of hydrogen-bond acceptors (Lipinski definition) is 2. The second kappa shape index (κ2) is 4.36. The summed E-state index contributed by atoms with van der Waals surface area (Å²) in [5.74, 6) is 1.15. The Labute approximate surface area is 86.1 Å². The van der Waals surface area contributed by atoms with Crippen LogP contribution in [0.25, 0.3) is 0 Å². The second-order valence-corrected chi connectivity index (χ2v) is 4.91. The first-order chi connectivity index (χ1) is 6.05. The lowest BCUT2D eigenvalue weighted by atomic mass is 9.94. The zero-order valence-electron chi connectivity index (χ0n) is 8.55. The van der Waals surface area contributed by atoms with Crippen LogP contribution < -0.4 is 0 Å². The highest BCUT2D eigenvalue weighted by molar-refractivity contribution is 7.80. The zero-order valence-corrected chi connectivity index (χ0v) is 9.44. The van der Waals surface area contributed by atoms with Gasteiger partial charge in [-0.05, 0) is 24.0 Å². The first-order valence-corrected chi connectivity index (χ1v) is 5.57. The molecule has 0 N–H and O–H groups in total. The van der Waals surface area contributed by atoms with Crippen molar-refractivity contribution in [2.24, 2.45) is 5.41 Å². The monoisotopic (exact) mass is 201 g/mol. The minimum absolute atomic E-state index is 0.149. The summed E-state index contributed by atoms with van der Waals surface area (Å²) in [5.41, 5.74) is 0.149. The number of nitrogens with zero attached hydrogens (tertiary/aromatic N) is 1. The third-order valence-electron chi connectivity index (χ3n) is 2.47. The summed E-state index contributed by atoms with van der Waals surface area (Å²) in [6, 6.07) is 0. The Hall–Kier alpha value is -0.180. The van der Waals surface area contributed by atoms with Crippen LogP contribution in [0, 0.1) is 5.41 Å². The molecule has 0 radical (unpaired) electrons. The molecule has 1 rings (SSSR count). The molecular formula is C10H19NOS. The van der Waals surface area contributed by atoms with E-state index in [0.29, 0.717) is 5.91 Å². The number of carbonyl (C=O) groups is 1. The number of carbonyl (C=O) groups excluding carboxylic acids is 1. The molecule has 0 atom stereocenters. The maximum absolute atomic E-state index is 11.5. The predicted molar refractivity (Wildman–Crippen MR) is 58.1 cm³/mol. The van der Waals surface area contributed by atoms with Gasteiger partial charge >= 0.3 is 0 Å². The van der Waals surface area contributed by atoms with E-state index in [0.717, 1.165) is 38.1 Å². The van der Waals surface area contributed by atoms with E-state index >= 15 is 0 Å². The van der Waals surface area contributed by atoms with Crippen molar-refractivity contribution in [3.8, 4) is 0 Å². The van der Waals surface area contributed by atoms with Crippen molar-refractivity contribution in [1.82, 2.24) is 4.90 Å². The molecule has 1 aliphatic heterocycles. The minimum Gasteiger partial charge on any atom is -0.342 e. The van der Waals surface area contributed by atoms with E-state index in [9.17, 15) is 4.79 Å². The summed E-state index contributed by atoms with van der Waals surface area (Å²) < 4.78 is 0. The van der Waals surface area contributed by atoms with Crippen LogP contribution in [-0.4, -0.2) is 29.6 Å². The zero-order chi connectivity index (χ0) is 9.90. The van der Waals surface area contributed by atoms with Gasteiger partial charge in [-0.25, -0.2) is 0 Å². The van der Waals surface area contributed by atoms with Gasteiger partial charge in [0.15, 0.2) is 0 Å². The van der Waals surface area contributed by atoms with Gasteiger partial charge in [-0.1, -0.05) is 13.8 Å². The Morgan fingerprint density at radius 2 is 2.15 bits per heavy atom. The molecule has 0 aromatic heterocycles. The Morgan fingerprint density at radius 1 is 1.46 bits per heavy atom. The van der Waals surface area contributed by atoms with Gasteiger partial charge in [-0.2, -0.15) is 12.6 Å². The van der Waals surface area contributed by atoms with Crippen molar-refractivity contribution in [2.75, 3.05) is 18.8 Å². The Morgan fingerprint density at radius 3 is 2.69 bits per heavy atom. The van der Waals surface area contributed by atoms with Gasteiger partial charge < -0.3 is 4.90 Å². The molecule has 0 aliphatic carbocycles. The lowest BCUT2D eigenvalue weighted by molar-refractivity contribution is -0.134.